The van der Waals surface area contributed by atoms with Gasteiger partial charge in [-0.05, 0) is 43.2 Å². The number of benzene rings is 2. The molecule has 1 aliphatic heterocycles. The van der Waals surface area contributed by atoms with Crippen molar-refractivity contribution in [2.45, 2.75) is 38.5 Å². The third-order valence-corrected chi connectivity index (χ3v) is 5.92. The van der Waals surface area contributed by atoms with Gasteiger partial charge in [0.25, 0.3) is 5.91 Å². The van der Waals surface area contributed by atoms with E-state index < -0.39 is 24.2 Å². The Balaban J connectivity index is 1.70. The van der Waals surface area contributed by atoms with Crippen LogP contribution in [0.1, 0.15) is 45.6 Å². The van der Waals surface area contributed by atoms with Gasteiger partial charge in [-0.15, -0.1) is 0 Å². The van der Waals surface area contributed by atoms with Crippen LogP contribution in [0.3, 0.4) is 0 Å². The van der Waals surface area contributed by atoms with Crippen molar-refractivity contribution in [3.8, 4) is 11.5 Å². The van der Waals surface area contributed by atoms with E-state index in [1.165, 1.54) is 14.2 Å². The molecule has 10 heteroatoms. The first-order valence-electron chi connectivity index (χ1n) is 10.6. The Morgan fingerprint density at radius 1 is 1.12 bits per heavy atom. The molecule has 0 radical (unpaired) electrons. The standard InChI is InChI=1S/C24H25F3N4O3/c1-13-5-7-17(14(2)9-13)30-23(32)16-12-28-31-21(24(25,26)27)11-18(29-22(16)31)15-6-8-19(33-3)20(10-15)34-4/h5-10,12,18,21,29H,11H2,1-4H3,(H,30,32). The van der Waals surface area contributed by atoms with Crippen LogP contribution in [0, 0.1) is 13.8 Å². The number of methoxy groups -OCH3 is 2. The third-order valence-electron chi connectivity index (χ3n) is 5.92. The van der Waals surface area contributed by atoms with Crippen LogP contribution in [0.15, 0.2) is 42.6 Å². The third kappa shape index (κ3) is 4.40. The Hall–Kier alpha value is -3.69. The number of nitrogens with zero attached hydrogens (tertiary/aromatic N) is 2. The van der Waals surface area contributed by atoms with E-state index >= 15 is 0 Å². The van der Waals surface area contributed by atoms with Gasteiger partial charge in [0.2, 0.25) is 0 Å². The van der Waals surface area contributed by atoms with Crippen LogP contribution in [-0.4, -0.2) is 36.1 Å². The van der Waals surface area contributed by atoms with Crippen molar-refractivity contribution in [1.29, 1.82) is 0 Å². The second-order valence-electron chi connectivity index (χ2n) is 8.23. The largest absolute Gasteiger partial charge is 0.493 e. The molecule has 0 fully saturated rings. The SMILES string of the molecule is COc1ccc(C2CC(C(F)(F)F)n3ncc(C(=O)Nc4ccc(C)cc4C)c3N2)cc1OC. The molecule has 0 spiro atoms. The number of amides is 1. The molecule has 2 aromatic carbocycles. The molecule has 7 nitrogen and oxygen atoms in total. The zero-order chi connectivity index (χ0) is 24.6. The molecule has 0 saturated heterocycles. The van der Waals surface area contributed by atoms with Crippen molar-refractivity contribution in [2.75, 3.05) is 24.9 Å². The second kappa shape index (κ2) is 8.92. The summed E-state index contributed by atoms with van der Waals surface area (Å²) in [6.45, 7) is 3.78. The minimum Gasteiger partial charge on any atom is -0.493 e. The van der Waals surface area contributed by atoms with Crippen molar-refractivity contribution in [1.82, 2.24) is 9.78 Å². The highest BCUT2D eigenvalue weighted by molar-refractivity contribution is 6.07. The predicted molar refractivity (Wildman–Crippen MR) is 122 cm³/mol. The molecule has 2 N–H and O–H groups in total. The maximum Gasteiger partial charge on any atom is 0.410 e. The number of rotatable bonds is 5. The minimum absolute atomic E-state index is 0.00984. The first kappa shape index (κ1) is 23.5. The van der Waals surface area contributed by atoms with Gasteiger partial charge in [-0.25, -0.2) is 4.68 Å². The number of anilines is 2. The fourth-order valence-corrected chi connectivity index (χ4v) is 4.16. The van der Waals surface area contributed by atoms with E-state index in [9.17, 15) is 18.0 Å². The van der Waals surface area contributed by atoms with Crippen molar-refractivity contribution in [3.05, 3.63) is 64.8 Å². The lowest BCUT2D eigenvalue weighted by Crippen LogP contribution is -2.36. The topological polar surface area (TPSA) is 77.4 Å². The number of nitrogens with one attached hydrogen (secondary N) is 2. The minimum atomic E-state index is -4.56. The smallest absolute Gasteiger partial charge is 0.410 e. The van der Waals surface area contributed by atoms with Crippen LogP contribution in [0.5, 0.6) is 11.5 Å². The van der Waals surface area contributed by atoms with E-state index in [-0.39, 0.29) is 17.8 Å². The molecule has 4 rings (SSSR count). The summed E-state index contributed by atoms with van der Waals surface area (Å²) in [7, 11) is 2.94. The Labute approximate surface area is 194 Å². The van der Waals surface area contributed by atoms with Crippen molar-refractivity contribution in [3.63, 3.8) is 0 Å². The lowest BCUT2D eigenvalue weighted by atomic mass is 9.96. The van der Waals surface area contributed by atoms with Crippen LogP contribution in [0.4, 0.5) is 24.7 Å². The summed E-state index contributed by atoms with van der Waals surface area (Å²) < 4.78 is 53.3. The predicted octanol–water partition coefficient (Wildman–Crippen LogP) is 5.43. The first-order valence-corrected chi connectivity index (χ1v) is 10.6. The van der Waals surface area contributed by atoms with Gasteiger partial charge in [0.15, 0.2) is 17.5 Å². The van der Waals surface area contributed by atoms with Crippen molar-refractivity contribution in [2.24, 2.45) is 0 Å². The molecule has 2 unspecified atom stereocenters. The lowest BCUT2D eigenvalue weighted by molar-refractivity contribution is -0.173. The number of fused-ring (bicyclic) bond motifs is 1. The second-order valence-corrected chi connectivity index (χ2v) is 8.23. The van der Waals surface area contributed by atoms with Crippen LogP contribution >= 0.6 is 0 Å². The quantitative estimate of drug-likeness (QED) is 0.516. The molecule has 2 atom stereocenters. The van der Waals surface area contributed by atoms with Crippen LogP contribution in [0.25, 0.3) is 0 Å². The average Bonchev–Trinajstić information content (AvgIpc) is 3.23. The Morgan fingerprint density at radius 3 is 2.50 bits per heavy atom. The summed E-state index contributed by atoms with van der Waals surface area (Å²) in [6, 6.07) is 7.83. The normalized spacial score (nSPS) is 17.5. The summed E-state index contributed by atoms with van der Waals surface area (Å²) >= 11 is 0. The number of hydrogen-bond donors (Lipinski definition) is 2. The Kier molecular flexibility index (Phi) is 6.16. The van der Waals surface area contributed by atoms with E-state index in [1.807, 2.05) is 26.0 Å². The van der Waals surface area contributed by atoms with E-state index in [4.69, 9.17) is 9.47 Å². The van der Waals surface area contributed by atoms with Gasteiger partial charge in [-0.1, -0.05) is 23.8 Å². The summed E-state index contributed by atoms with van der Waals surface area (Å²) in [6.07, 6.45) is -3.69. The van der Waals surface area contributed by atoms with Crippen LogP contribution < -0.4 is 20.1 Å². The molecule has 0 saturated carbocycles. The number of halogens is 3. The summed E-state index contributed by atoms with van der Waals surface area (Å²) in [5, 5.41) is 9.79. The molecular weight excluding hydrogens is 449 g/mol. The van der Waals surface area contributed by atoms with E-state index in [0.717, 1.165) is 22.0 Å². The molecular formula is C24H25F3N4O3. The maximum atomic E-state index is 14.0. The van der Waals surface area contributed by atoms with Gasteiger partial charge >= 0.3 is 6.18 Å². The van der Waals surface area contributed by atoms with Gasteiger partial charge in [-0.2, -0.15) is 18.3 Å². The molecule has 34 heavy (non-hydrogen) atoms. The monoisotopic (exact) mass is 474 g/mol. The Morgan fingerprint density at radius 2 is 1.85 bits per heavy atom. The molecule has 3 aromatic rings. The Bertz CT molecular complexity index is 1220. The summed E-state index contributed by atoms with van der Waals surface area (Å²) in [5.74, 6) is 0.329. The van der Waals surface area contributed by atoms with Gasteiger partial charge < -0.3 is 20.1 Å². The highest BCUT2D eigenvalue weighted by atomic mass is 19.4. The molecule has 180 valence electrons. The summed E-state index contributed by atoms with van der Waals surface area (Å²) in [4.78, 5) is 13.0. The summed E-state index contributed by atoms with van der Waals surface area (Å²) in [5.41, 5.74) is 3.05. The van der Waals surface area contributed by atoms with E-state index in [1.54, 1.807) is 24.3 Å². The number of carbonyl (C=O) groups is 1. The van der Waals surface area contributed by atoms with E-state index in [2.05, 4.69) is 15.7 Å². The van der Waals surface area contributed by atoms with Gasteiger partial charge in [0.1, 0.15) is 11.4 Å². The number of aromatic nitrogens is 2. The van der Waals surface area contributed by atoms with Crippen molar-refractivity contribution < 1.29 is 27.4 Å². The first-order chi connectivity index (χ1) is 16.1. The fraction of sp³-hybridized carbons (Fsp3) is 0.333. The van der Waals surface area contributed by atoms with Crippen molar-refractivity contribution >= 4 is 17.4 Å². The molecule has 2 heterocycles. The zero-order valence-corrected chi connectivity index (χ0v) is 19.2. The van der Waals surface area contributed by atoms with Crippen LogP contribution in [-0.2, 0) is 0 Å². The van der Waals surface area contributed by atoms with Gasteiger partial charge in [0, 0.05) is 12.1 Å². The van der Waals surface area contributed by atoms with Gasteiger partial charge in [0.05, 0.1) is 26.5 Å². The highest BCUT2D eigenvalue weighted by Crippen LogP contribution is 2.45. The van der Waals surface area contributed by atoms with Crippen LogP contribution in [0.2, 0.25) is 0 Å². The molecule has 0 aliphatic carbocycles. The molecule has 1 aromatic heterocycles. The van der Waals surface area contributed by atoms with E-state index in [0.29, 0.717) is 22.7 Å². The average molecular weight is 474 g/mol. The molecule has 0 bridgehead atoms. The van der Waals surface area contributed by atoms with Gasteiger partial charge in [-0.3, -0.25) is 4.79 Å². The molecule has 1 amide bonds. The zero-order valence-electron chi connectivity index (χ0n) is 19.2. The highest BCUT2D eigenvalue weighted by Gasteiger charge is 2.47. The number of hydrogen-bond acceptors (Lipinski definition) is 5. The number of alkyl halides is 3. The number of aryl methyl sites for hydroxylation is 2. The number of carbonyl (C=O) groups excluding carboxylic acids is 1. The number of ether oxygens (including phenoxy) is 2. The fourth-order valence-electron chi connectivity index (χ4n) is 4.16. The lowest BCUT2D eigenvalue weighted by Gasteiger charge is -2.34. The molecule has 1 aliphatic rings. The maximum absolute atomic E-state index is 14.0.